The minimum Gasteiger partial charge on any atom is -0.481 e. The Bertz CT molecular complexity index is 563. The Hall–Kier alpha value is -1.94. The number of nitrogens with one attached hydrogen (secondary N) is 2. The van der Waals surface area contributed by atoms with Crippen molar-refractivity contribution < 1.29 is 28.2 Å². The maximum Gasteiger partial charge on any atom is 0.322 e. The van der Waals surface area contributed by atoms with E-state index < -0.39 is 34.4 Å². The number of carbonyl (C=O) groups is 2. The van der Waals surface area contributed by atoms with Crippen molar-refractivity contribution in [3.8, 4) is 0 Å². The quantitative estimate of drug-likeness (QED) is 0.516. The molecule has 0 aliphatic carbocycles. The molecule has 0 aliphatic rings. The number of hydrogen-bond acceptors (Lipinski definition) is 5. The number of hydrogen-bond donors (Lipinski definition) is 4. The summed E-state index contributed by atoms with van der Waals surface area (Å²) in [5.74, 6) is -2.99. The van der Waals surface area contributed by atoms with Gasteiger partial charge < -0.3 is 10.2 Å². The summed E-state index contributed by atoms with van der Waals surface area (Å²) in [6.07, 6.45) is 0.156. The number of aliphatic carboxylic acids is 2. The van der Waals surface area contributed by atoms with Crippen molar-refractivity contribution in [2.45, 2.75) is 24.3 Å². The number of rotatable bonds is 6. The molecule has 100 valence electrons. The summed E-state index contributed by atoms with van der Waals surface area (Å²) in [7, 11) is -4.13. The van der Waals surface area contributed by atoms with E-state index in [2.05, 4.69) is 10.2 Å². The van der Waals surface area contributed by atoms with Gasteiger partial charge in [0.25, 0.3) is 0 Å². The number of nitrogens with zero attached hydrogens (tertiary/aromatic N) is 1. The van der Waals surface area contributed by atoms with E-state index in [1.54, 1.807) is 4.72 Å². The Morgan fingerprint density at radius 2 is 2.11 bits per heavy atom. The van der Waals surface area contributed by atoms with Crippen molar-refractivity contribution in [2.75, 3.05) is 0 Å². The van der Waals surface area contributed by atoms with Gasteiger partial charge in [-0.05, 0) is 6.92 Å². The number of aromatic amines is 1. The number of H-pyrrole nitrogens is 1. The average molecular weight is 277 g/mol. The fraction of sp³-hybridized carbons (Fsp3) is 0.375. The molecule has 0 fully saturated rings. The molecule has 0 saturated carbocycles. The smallest absolute Gasteiger partial charge is 0.322 e. The van der Waals surface area contributed by atoms with E-state index in [9.17, 15) is 18.0 Å². The fourth-order valence-corrected chi connectivity index (χ4v) is 2.54. The minimum atomic E-state index is -4.13. The van der Waals surface area contributed by atoms with Gasteiger partial charge in [-0.25, -0.2) is 8.42 Å². The number of carboxylic acid groups (broad SMARTS) is 2. The number of aromatic nitrogens is 2. The summed E-state index contributed by atoms with van der Waals surface area (Å²) in [5.41, 5.74) is 0.224. The summed E-state index contributed by atoms with van der Waals surface area (Å²) >= 11 is 0. The number of sulfonamides is 1. The van der Waals surface area contributed by atoms with Gasteiger partial charge >= 0.3 is 11.9 Å². The molecule has 0 amide bonds. The molecule has 9 nitrogen and oxygen atoms in total. The van der Waals surface area contributed by atoms with Crippen molar-refractivity contribution >= 4 is 22.0 Å². The molecular weight excluding hydrogens is 266 g/mol. The van der Waals surface area contributed by atoms with Gasteiger partial charge in [0.2, 0.25) is 10.0 Å². The van der Waals surface area contributed by atoms with Crippen LogP contribution in [0, 0.1) is 6.92 Å². The van der Waals surface area contributed by atoms with E-state index in [1.165, 1.54) is 6.92 Å². The van der Waals surface area contributed by atoms with Gasteiger partial charge in [0.1, 0.15) is 10.9 Å². The Labute approximate surface area is 102 Å². The first kappa shape index (κ1) is 14.1. The Kier molecular flexibility index (Phi) is 4.03. The van der Waals surface area contributed by atoms with E-state index >= 15 is 0 Å². The molecule has 1 atom stereocenters. The molecule has 0 aromatic carbocycles. The van der Waals surface area contributed by atoms with Gasteiger partial charge in [-0.15, -0.1) is 0 Å². The third-order valence-corrected chi connectivity index (χ3v) is 3.63. The van der Waals surface area contributed by atoms with Crippen molar-refractivity contribution in [3.63, 3.8) is 0 Å². The number of carboxylic acids is 2. The van der Waals surface area contributed by atoms with E-state index in [4.69, 9.17) is 10.2 Å². The second-order valence-electron chi connectivity index (χ2n) is 3.47. The molecule has 0 aliphatic heterocycles. The lowest BCUT2D eigenvalue weighted by Gasteiger charge is -2.12. The van der Waals surface area contributed by atoms with E-state index in [-0.39, 0.29) is 10.6 Å². The van der Waals surface area contributed by atoms with Gasteiger partial charge in [0.15, 0.2) is 0 Å². The SMILES string of the molecule is Cc1[nH]ncc1S(=O)(=O)N[C@@H](CC(=O)O)C(=O)O. The summed E-state index contributed by atoms with van der Waals surface area (Å²) in [6, 6.07) is -1.73. The molecule has 1 rings (SSSR count). The van der Waals surface area contributed by atoms with Crippen LogP contribution in [-0.4, -0.2) is 46.8 Å². The van der Waals surface area contributed by atoms with Crippen LogP contribution >= 0.6 is 0 Å². The molecule has 0 bridgehead atoms. The van der Waals surface area contributed by atoms with Crippen LogP contribution in [0.1, 0.15) is 12.1 Å². The van der Waals surface area contributed by atoms with Crippen LogP contribution in [0.25, 0.3) is 0 Å². The first-order chi connectivity index (χ1) is 8.24. The average Bonchev–Trinajstić information content (AvgIpc) is 2.62. The number of aryl methyl sites for hydroxylation is 1. The highest BCUT2D eigenvalue weighted by Gasteiger charge is 2.29. The molecule has 0 unspecified atom stereocenters. The molecule has 1 aromatic rings. The highest BCUT2D eigenvalue weighted by Crippen LogP contribution is 2.12. The maximum atomic E-state index is 11.8. The molecule has 18 heavy (non-hydrogen) atoms. The van der Waals surface area contributed by atoms with E-state index in [0.29, 0.717) is 0 Å². The third-order valence-electron chi connectivity index (χ3n) is 2.05. The van der Waals surface area contributed by atoms with Crippen LogP contribution in [0.5, 0.6) is 0 Å². The summed E-state index contributed by atoms with van der Waals surface area (Å²) in [4.78, 5) is 21.0. The monoisotopic (exact) mass is 277 g/mol. The topological polar surface area (TPSA) is 149 Å². The summed E-state index contributed by atoms with van der Waals surface area (Å²) in [5, 5.41) is 23.1. The lowest BCUT2D eigenvalue weighted by molar-refractivity contribution is -0.145. The second kappa shape index (κ2) is 5.14. The molecule has 1 heterocycles. The van der Waals surface area contributed by atoms with Crippen LogP contribution < -0.4 is 4.72 Å². The maximum absolute atomic E-state index is 11.8. The second-order valence-corrected chi connectivity index (χ2v) is 5.15. The fourth-order valence-electron chi connectivity index (χ4n) is 1.22. The van der Waals surface area contributed by atoms with E-state index in [0.717, 1.165) is 6.20 Å². The first-order valence-corrected chi connectivity index (χ1v) is 6.19. The van der Waals surface area contributed by atoms with Crippen LogP contribution in [0.15, 0.2) is 11.1 Å². The molecule has 4 N–H and O–H groups in total. The summed E-state index contributed by atoms with van der Waals surface area (Å²) in [6.45, 7) is 1.44. The lowest BCUT2D eigenvalue weighted by atomic mass is 10.2. The van der Waals surface area contributed by atoms with Crippen molar-refractivity contribution in [1.82, 2.24) is 14.9 Å². The van der Waals surface area contributed by atoms with Crippen LogP contribution in [0.4, 0.5) is 0 Å². The molecule has 0 radical (unpaired) electrons. The normalized spacial score (nSPS) is 13.2. The van der Waals surface area contributed by atoms with Gasteiger partial charge in [0, 0.05) is 0 Å². The van der Waals surface area contributed by atoms with Gasteiger partial charge in [-0.1, -0.05) is 0 Å². The molecule has 10 heteroatoms. The third kappa shape index (κ3) is 3.28. The zero-order valence-electron chi connectivity index (χ0n) is 9.24. The Morgan fingerprint density at radius 3 is 2.50 bits per heavy atom. The predicted molar refractivity (Wildman–Crippen MR) is 57.3 cm³/mol. The molecule has 1 aromatic heterocycles. The molecule has 0 spiro atoms. The first-order valence-electron chi connectivity index (χ1n) is 4.71. The van der Waals surface area contributed by atoms with Gasteiger partial charge in [0.05, 0.1) is 18.3 Å². The lowest BCUT2D eigenvalue weighted by Crippen LogP contribution is -2.42. The zero-order chi connectivity index (χ0) is 13.9. The van der Waals surface area contributed by atoms with Crippen molar-refractivity contribution in [2.24, 2.45) is 0 Å². The van der Waals surface area contributed by atoms with Gasteiger partial charge in [-0.2, -0.15) is 9.82 Å². The molecular formula is C8H11N3O6S. The Morgan fingerprint density at radius 1 is 1.50 bits per heavy atom. The predicted octanol–water partition coefficient (Wildman–Crippen LogP) is -1.08. The van der Waals surface area contributed by atoms with Crippen molar-refractivity contribution in [1.29, 1.82) is 0 Å². The van der Waals surface area contributed by atoms with Crippen LogP contribution in [0.2, 0.25) is 0 Å². The summed E-state index contributed by atoms with van der Waals surface area (Å²) < 4.78 is 25.4. The zero-order valence-corrected chi connectivity index (χ0v) is 10.1. The minimum absolute atomic E-state index is 0.223. The van der Waals surface area contributed by atoms with Crippen LogP contribution in [-0.2, 0) is 19.6 Å². The Balaban J connectivity index is 2.97. The molecule has 0 saturated heterocycles. The van der Waals surface area contributed by atoms with Crippen LogP contribution in [0.3, 0.4) is 0 Å². The van der Waals surface area contributed by atoms with Gasteiger partial charge in [-0.3, -0.25) is 14.7 Å². The standard InChI is InChI=1S/C8H11N3O6S/c1-4-6(3-9-10-4)18(16,17)11-5(8(14)15)2-7(12)13/h3,5,11H,2H2,1H3,(H,9,10)(H,12,13)(H,14,15)/t5-/m0/s1. The van der Waals surface area contributed by atoms with Crippen molar-refractivity contribution in [3.05, 3.63) is 11.9 Å². The van der Waals surface area contributed by atoms with E-state index in [1.807, 2.05) is 0 Å². The highest BCUT2D eigenvalue weighted by molar-refractivity contribution is 7.89. The largest absolute Gasteiger partial charge is 0.481 e. The highest BCUT2D eigenvalue weighted by atomic mass is 32.2.